The highest BCUT2D eigenvalue weighted by Gasteiger charge is 2.34. The van der Waals surface area contributed by atoms with Crippen LogP contribution in [0.3, 0.4) is 0 Å². The molecule has 176 valence electrons. The smallest absolute Gasteiger partial charge is 0.449 e. The van der Waals surface area contributed by atoms with E-state index in [1.54, 1.807) is 0 Å². The van der Waals surface area contributed by atoms with Gasteiger partial charge in [-0.05, 0) is 29.8 Å². The summed E-state index contributed by atoms with van der Waals surface area (Å²) in [4.78, 5) is 53.5. The minimum atomic E-state index is -4.78. The van der Waals surface area contributed by atoms with Gasteiger partial charge in [0, 0.05) is 0 Å². The average molecular weight is 497 g/mol. The molecule has 0 aliphatic heterocycles. The van der Waals surface area contributed by atoms with E-state index < -0.39 is 52.2 Å². The van der Waals surface area contributed by atoms with Crippen molar-refractivity contribution in [3.63, 3.8) is 0 Å². The SMILES string of the molecule is O=C(O)Oc1cn(-c2ccc3[nH]c(=O)[nH]c3c2)c(=O)n(Cc2cccc(C(F)(F)F)c2Cl)c1=O. The van der Waals surface area contributed by atoms with Gasteiger partial charge in [-0.25, -0.2) is 14.4 Å². The number of carbonyl (C=O) groups is 1. The fourth-order valence-corrected chi connectivity index (χ4v) is 3.62. The number of hydrogen-bond acceptors (Lipinski definition) is 5. The summed E-state index contributed by atoms with van der Waals surface area (Å²) in [5, 5.41) is 8.25. The van der Waals surface area contributed by atoms with Crippen LogP contribution < -0.4 is 21.7 Å². The van der Waals surface area contributed by atoms with Crippen molar-refractivity contribution >= 4 is 28.8 Å². The molecule has 0 spiro atoms. The molecule has 4 rings (SSSR count). The third-order valence-electron chi connectivity index (χ3n) is 4.83. The van der Waals surface area contributed by atoms with Crippen molar-refractivity contribution in [1.29, 1.82) is 0 Å². The number of hydrogen-bond donors (Lipinski definition) is 3. The molecule has 0 atom stereocenters. The molecule has 3 N–H and O–H groups in total. The molecule has 2 aromatic carbocycles. The Kier molecular flexibility index (Phi) is 5.57. The summed E-state index contributed by atoms with van der Waals surface area (Å²) in [6.07, 6.45) is -5.80. The summed E-state index contributed by atoms with van der Waals surface area (Å²) in [7, 11) is 0. The van der Waals surface area contributed by atoms with Crippen LogP contribution in [0.15, 0.2) is 57.0 Å². The van der Waals surface area contributed by atoms with Gasteiger partial charge in [-0.15, -0.1) is 0 Å². The highest BCUT2D eigenvalue weighted by Crippen LogP contribution is 2.36. The predicted octanol–water partition coefficient (Wildman–Crippen LogP) is 2.95. The Hall–Kier alpha value is -4.26. The van der Waals surface area contributed by atoms with Crippen molar-refractivity contribution in [3.8, 4) is 11.4 Å². The van der Waals surface area contributed by atoms with Gasteiger partial charge in [0.1, 0.15) is 0 Å². The Morgan fingerprint density at radius 1 is 1.09 bits per heavy atom. The number of nitrogens with one attached hydrogen (secondary N) is 2. The summed E-state index contributed by atoms with van der Waals surface area (Å²) in [6, 6.07) is 7.20. The van der Waals surface area contributed by atoms with E-state index in [9.17, 15) is 32.3 Å². The fraction of sp³-hybridized carbons (Fsp3) is 0.100. The third kappa shape index (κ3) is 4.20. The van der Waals surface area contributed by atoms with Crippen LogP contribution in [-0.4, -0.2) is 30.4 Å². The molecular weight excluding hydrogens is 485 g/mol. The second-order valence-corrected chi connectivity index (χ2v) is 7.37. The molecule has 2 aromatic heterocycles. The molecule has 0 amide bonds. The summed E-state index contributed by atoms with van der Waals surface area (Å²) in [5.74, 6) is -0.780. The van der Waals surface area contributed by atoms with E-state index in [0.29, 0.717) is 15.6 Å². The van der Waals surface area contributed by atoms with Gasteiger partial charge >= 0.3 is 23.7 Å². The van der Waals surface area contributed by atoms with Crippen molar-refractivity contribution in [3.05, 3.63) is 90.1 Å². The van der Waals surface area contributed by atoms with Crippen LogP contribution in [0, 0.1) is 0 Å². The quantitative estimate of drug-likeness (QED) is 0.371. The number of ether oxygens (including phenoxy) is 1. The van der Waals surface area contributed by atoms with Crippen LogP contribution in [0.1, 0.15) is 11.1 Å². The first kappa shape index (κ1) is 22.9. The van der Waals surface area contributed by atoms with Gasteiger partial charge in [-0.3, -0.25) is 13.9 Å². The van der Waals surface area contributed by atoms with Crippen LogP contribution >= 0.6 is 11.6 Å². The van der Waals surface area contributed by atoms with Gasteiger partial charge in [0.2, 0.25) is 5.75 Å². The predicted molar refractivity (Wildman–Crippen MR) is 113 cm³/mol. The second-order valence-electron chi connectivity index (χ2n) is 6.99. The van der Waals surface area contributed by atoms with Crippen LogP contribution in [0.25, 0.3) is 16.7 Å². The zero-order valence-corrected chi connectivity index (χ0v) is 17.4. The zero-order chi connectivity index (χ0) is 24.8. The second kappa shape index (κ2) is 8.26. The molecule has 0 saturated carbocycles. The van der Waals surface area contributed by atoms with Crippen LogP contribution in [0.5, 0.6) is 5.75 Å². The average Bonchev–Trinajstić information content (AvgIpc) is 3.12. The fourth-order valence-electron chi connectivity index (χ4n) is 3.33. The molecule has 0 saturated heterocycles. The minimum absolute atomic E-state index is 0.104. The molecule has 0 aliphatic rings. The number of halogens is 4. The lowest BCUT2D eigenvalue weighted by Gasteiger charge is -2.15. The van der Waals surface area contributed by atoms with Crippen LogP contribution in [0.2, 0.25) is 5.02 Å². The number of benzene rings is 2. The van der Waals surface area contributed by atoms with Gasteiger partial charge in [0.25, 0.3) is 5.56 Å². The Morgan fingerprint density at radius 2 is 1.79 bits per heavy atom. The first-order valence-electron chi connectivity index (χ1n) is 9.30. The molecule has 14 heteroatoms. The molecule has 0 radical (unpaired) electrons. The molecule has 34 heavy (non-hydrogen) atoms. The summed E-state index contributed by atoms with van der Waals surface area (Å²) in [6.45, 7) is -0.708. The van der Waals surface area contributed by atoms with Gasteiger partial charge in [0.05, 0.1) is 40.0 Å². The van der Waals surface area contributed by atoms with Crippen molar-refractivity contribution in [2.45, 2.75) is 12.7 Å². The van der Waals surface area contributed by atoms with E-state index in [2.05, 4.69) is 14.7 Å². The van der Waals surface area contributed by atoms with Gasteiger partial charge in [-0.1, -0.05) is 23.7 Å². The molecule has 2 heterocycles. The van der Waals surface area contributed by atoms with Crippen molar-refractivity contribution in [2.24, 2.45) is 0 Å². The number of aromatic nitrogens is 4. The number of nitrogens with zero attached hydrogens (tertiary/aromatic N) is 2. The van der Waals surface area contributed by atoms with Crippen LogP contribution in [-0.2, 0) is 12.7 Å². The monoisotopic (exact) mass is 496 g/mol. The lowest BCUT2D eigenvalue weighted by molar-refractivity contribution is -0.137. The Morgan fingerprint density at radius 3 is 2.47 bits per heavy atom. The molecule has 0 unspecified atom stereocenters. The number of fused-ring (bicyclic) bond motifs is 1. The first-order valence-corrected chi connectivity index (χ1v) is 9.68. The maximum atomic E-state index is 13.2. The molecule has 4 aromatic rings. The summed E-state index contributed by atoms with van der Waals surface area (Å²) in [5.41, 5.74) is -3.30. The lowest BCUT2D eigenvalue weighted by Crippen LogP contribution is -2.40. The number of carboxylic acid groups (broad SMARTS) is 1. The number of rotatable bonds is 4. The number of imidazole rings is 1. The minimum Gasteiger partial charge on any atom is -0.449 e. The number of alkyl halides is 3. The summed E-state index contributed by atoms with van der Waals surface area (Å²) < 4.78 is 45.5. The maximum absolute atomic E-state index is 13.2. The van der Waals surface area contributed by atoms with Crippen molar-refractivity contribution in [2.75, 3.05) is 0 Å². The lowest BCUT2D eigenvalue weighted by atomic mass is 10.1. The van der Waals surface area contributed by atoms with E-state index in [1.165, 1.54) is 24.3 Å². The van der Waals surface area contributed by atoms with Gasteiger partial charge in [-0.2, -0.15) is 13.2 Å². The maximum Gasteiger partial charge on any atom is 0.511 e. The normalized spacial score (nSPS) is 11.6. The largest absolute Gasteiger partial charge is 0.511 e. The van der Waals surface area contributed by atoms with Crippen LogP contribution in [0.4, 0.5) is 18.0 Å². The van der Waals surface area contributed by atoms with E-state index in [-0.39, 0.29) is 11.3 Å². The standard InChI is InChI=1S/C20H12ClF3N4O6/c21-15-9(2-1-3-11(15)20(22,23)24)7-28-16(29)14(34-19(32)33)8-27(18(28)31)10-4-5-12-13(6-10)26-17(30)25-12/h1-6,8H,7H2,(H,32,33)(H2,25,26,30). The molecule has 0 fully saturated rings. The Bertz CT molecular complexity index is 1620. The highest BCUT2D eigenvalue weighted by atomic mass is 35.5. The number of aromatic amines is 2. The molecule has 10 nitrogen and oxygen atoms in total. The highest BCUT2D eigenvalue weighted by molar-refractivity contribution is 6.32. The Balaban J connectivity index is 1.92. The van der Waals surface area contributed by atoms with E-state index >= 15 is 0 Å². The van der Waals surface area contributed by atoms with Crippen molar-refractivity contribution < 1.29 is 27.8 Å². The third-order valence-corrected chi connectivity index (χ3v) is 5.27. The molecule has 0 aliphatic carbocycles. The first-order chi connectivity index (χ1) is 16.0. The number of H-pyrrole nitrogens is 2. The van der Waals surface area contributed by atoms with E-state index in [1.807, 2.05) is 0 Å². The zero-order valence-electron chi connectivity index (χ0n) is 16.6. The summed E-state index contributed by atoms with van der Waals surface area (Å²) >= 11 is 5.89. The van der Waals surface area contributed by atoms with Gasteiger partial charge < -0.3 is 19.8 Å². The van der Waals surface area contributed by atoms with E-state index in [0.717, 1.165) is 22.9 Å². The van der Waals surface area contributed by atoms with Crippen molar-refractivity contribution in [1.82, 2.24) is 19.1 Å². The van der Waals surface area contributed by atoms with Gasteiger partial charge in [0.15, 0.2) is 0 Å². The molecule has 0 bridgehead atoms. The Labute approximate surface area is 190 Å². The topological polar surface area (TPSA) is 139 Å². The van der Waals surface area contributed by atoms with E-state index in [4.69, 9.17) is 16.7 Å². The molecular formula is C20H12ClF3N4O6.